The van der Waals surface area contributed by atoms with E-state index < -0.39 is 0 Å². The van der Waals surface area contributed by atoms with E-state index in [0.717, 1.165) is 44.6 Å². The van der Waals surface area contributed by atoms with Crippen LogP contribution in [0.2, 0.25) is 0 Å². The fourth-order valence-corrected chi connectivity index (χ4v) is 3.37. The molecule has 6 heteroatoms. The van der Waals surface area contributed by atoms with Crippen molar-refractivity contribution in [2.45, 2.75) is 59.5 Å². The summed E-state index contributed by atoms with van der Waals surface area (Å²) in [6, 6.07) is 3.42. The van der Waals surface area contributed by atoms with E-state index >= 15 is 0 Å². The lowest BCUT2D eigenvalue weighted by Crippen LogP contribution is -3.00. The Morgan fingerprint density at radius 3 is 2.52 bits per heavy atom. The number of rotatable bonds is 6. The first-order valence-electron chi connectivity index (χ1n) is 8.79. The second-order valence-corrected chi connectivity index (χ2v) is 6.31. The van der Waals surface area contributed by atoms with Gasteiger partial charge < -0.3 is 17.0 Å². The van der Waals surface area contributed by atoms with Gasteiger partial charge in [-0.05, 0) is 25.0 Å². The van der Waals surface area contributed by atoms with Crippen LogP contribution in [0.5, 0.6) is 0 Å². The lowest BCUT2D eigenvalue weighted by molar-refractivity contribution is -0.704. The van der Waals surface area contributed by atoms with E-state index in [9.17, 15) is 9.59 Å². The molecule has 0 aliphatic heterocycles. The molecule has 0 spiro atoms. The van der Waals surface area contributed by atoms with Crippen molar-refractivity contribution in [1.29, 1.82) is 0 Å². The molecule has 0 unspecified atom stereocenters. The fourth-order valence-electron chi connectivity index (χ4n) is 3.37. The second kappa shape index (κ2) is 8.04. The summed E-state index contributed by atoms with van der Waals surface area (Å²) >= 11 is 0. The van der Waals surface area contributed by atoms with Crippen molar-refractivity contribution < 1.29 is 31.1 Å². The summed E-state index contributed by atoms with van der Waals surface area (Å²) in [7, 11) is 0. The zero-order valence-electron chi connectivity index (χ0n) is 15.0. The summed E-state index contributed by atoms with van der Waals surface area (Å²) < 4.78 is 4.05. The maximum atomic E-state index is 13.1. The van der Waals surface area contributed by atoms with Crippen LogP contribution in [0.15, 0.2) is 18.3 Å². The van der Waals surface area contributed by atoms with Crippen molar-refractivity contribution >= 4 is 11.6 Å². The molecule has 0 radical (unpaired) electrons. The smallest absolute Gasteiger partial charge is 0.255 e. The molecule has 0 aromatic carbocycles. The van der Waals surface area contributed by atoms with Crippen molar-refractivity contribution in [3.63, 3.8) is 0 Å². The van der Waals surface area contributed by atoms with Gasteiger partial charge in [0.1, 0.15) is 5.69 Å². The Kier molecular flexibility index (Phi) is 6.27. The predicted octanol–water partition coefficient (Wildman–Crippen LogP) is -0.141. The van der Waals surface area contributed by atoms with Gasteiger partial charge in [-0.25, -0.2) is 9.13 Å². The van der Waals surface area contributed by atoms with Crippen molar-refractivity contribution in [2.75, 3.05) is 0 Å². The number of aromatic nitrogens is 3. The molecule has 2 aromatic rings. The summed E-state index contributed by atoms with van der Waals surface area (Å²) in [6.07, 6.45) is 5.62. The minimum absolute atomic E-state index is 0. The zero-order valence-corrected chi connectivity index (χ0v) is 16.6. The highest BCUT2D eigenvalue weighted by Gasteiger charge is 2.43. The van der Waals surface area contributed by atoms with Crippen molar-refractivity contribution in [2.24, 2.45) is 0 Å². The highest BCUT2D eigenvalue weighted by Crippen LogP contribution is 2.26. The van der Waals surface area contributed by atoms with Crippen molar-refractivity contribution in [3.05, 3.63) is 46.8 Å². The third-order valence-electron chi connectivity index (χ3n) is 4.71. The molecule has 134 valence electrons. The molecule has 0 N–H and O–H groups in total. The first kappa shape index (κ1) is 19.5. The van der Waals surface area contributed by atoms with Crippen LogP contribution in [0.25, 0.3) is 0 Å². The summed E-state index contributed by atoms with van der Waals surface area (Å²) in [5.74, 6) is 0.771. The van der Waals surface area contributed by atoms with Crippen molar-refractivity contribution in [1.82, 2.24) is 9.55 Å². The number of imidazole rings is 1. The number of nitrogens with zero attached hydrogens (tertiary/aromatic N) is 3. The van der Waals surface area contributed by atoms with Crippen LogP contribution in [0, 0.1) is 6.92 Å². The Bertz CT molecular complexity index is 747. The average Bonchev–Trinajstić information content (AvgIpc) is 2.88. The minimum atomic E-state index is -0.130. The molecule has 2 aromatic heterocycles. The number of unbranched alkanes of at least 4 members (excludes halogenated alkanes) is 2. The molecule has 0 fully saturated rings. The molecular weight excluding hydrogens is 382 g/mol. The van der Waals surface area contributed by atoms with E-state index in [2.05, 4.69) is 18.8 Å². The van der Waals surface area contributed by atoms with Crippen molar-refractivity contribution in [3.8, 4) is 0 Å². The second-order valence-electron chi connectivity index (χ2n) is 6.31. The van der Waals surface area contributed by atoms with E-state index in [0.29, 0.717) is 17.0 Å². The van der Waals surface area contributed by atoms with Crippen LogP contribution in [0.3, 0.4) is 0 Å². The molecule has 3 rings (SSSR count). The van der Waals surface area contributed by atoms with E-state index in [-0.39, 0.29) is 34.2 Å². The molecule has 1 aliphatic rings. The first-order valence-corrected chi connectivity index (χ1v) is 8.79. The van der Waals surface area contributed by atoms with Crippen LogP contribution in [0.4, 0.5) is 0 Å². The lowest BCUT2D eigenvalue weighted by Gasteiger charge is -2.11. The van der Waals surface area contributed by atoms with Gasteiger partial charge in [-0.3, -0.25) is 14.6 Å². The summed E-state index contributed by atoms with van der Waals surface area (Å²) in [5.41, 5.74) is 1.77. The van der Waals surface area contributed by atoms with Crippen LogP contribution in [-0.4, -0.2) is 21.1 Å². The van der Waals surface area contributed by atoms with E-state index in [1.807, 2.05) is 16.1 Å². The van der Waals surface area contributed by atoms with E-state index in [4.69, 9.17) is 0 Å². The quantitative estimate of drug-likeness (QED) is 0.536. The number of carbonyl (C=O) groups is 2. The monoisotopic (exact) mass is 405 g/mol. The van der Waals surface area contributed by atoms with Gasteiger partial charge in [-0.1, -0.05) is 26.7 Å². The third kappa shape index (κ3) is 3.19. The molecule has 0 amide bonds. The molecule has 25 heavy (non-hydrogen) atoms. The lowest BCUT2D eigenvalue weighted by atomic mass is 9.94. The molecule has 0 bridgehead atoms. The fraction of sp³-hybridized carbons (Fsp3) is 0.474. The predicted molar refractivity (Wildman–Crippen MR) is 90.3 cm³/mol. The molecule has 5 nitrogen and oxygen atoms in total. The Labute approximate surface area is 158 Å². The maximum absolute atomic E-state index is 13.1. The van der Waals surface area contributed by atoms with Crippen LogP contribution < -0.4 is 21.5 Å². The summed E-state index contributed by atoms with van der Waals surface area (Å²) in [6.45, 7) is 7.77. The normalized spacial score (nSPS) is 12.6. The van der Waals surface area contributed by atoms with Gasteiger partial charge in [-0.2, -0.15) is 0 Å². The van der Waals surface area contributed by atoms with Gasteiger partial charge >= 0.3 is 0 Å². The highest BCUT2D eigenvalue weighted by molar-refractivity contribution is 6.25. The largest absolute Gasteiger partial charge is 1.00 e. The van der Waals surface area contributed by atoms with Gasteiger partial charge in [0.25, 0.3) is 11.6 Å². The number of pyridine rings is 1. The topological polar surface area (TPSA) is 55.8 Å². The van der Waals surface area contributed by atoms with Gasteiger partial charge in [0.05, 0.1) is 18.7 Å². The maximum Gasteiger partial charge on any atom is 0.255 e. The average molecular weight is 406 g/mol. The van der Waals surface area contributed by atoms with E-state index in [1.54, 1.807) is 18.3 Å². The number of halogens is 1. The number of fused-ring (bicyclic) bond motifs is 2. The Hall–Kier alpha value is -1.82. The van der Waals surface area contributed by atoms with Gasteiger partial charge in [0.15, 0.2) is 0 Å². The van der Waals surface area contributed by atoms with Crippen LogP contribution >= 0.6 is 0 Å². The Balaban J connectivity index is 0.00000225. The molecule has 0 saturated heterocycles. The van der Waals surface area contributed by atoms with Crippen LogP contribution in [0.1, 0.15) is 77.6 Å². The molecule has 0 atom stereocenters. The number of carbonyl (C=O) groups excluding carboxylic acids is 2. The van der Waals surface area contributed by atoms with Crippen LogP contribution in [-0.2, 0) is 13.1 Å². The number of ketones is 2. The highest BCUT2D eigenvalue weighted by atomic mass is 79.9. The molecular formula is C19H24BrN3O2. The Morgan fingerprint density at radius 1 is 1.12 bits per heavy atom. The summed E-state index contributed by atoms with van der Waals surface area (Å²) in [4.78, 5) is 30.3. The SMILES string of the molecule is CCCCn1c2c([n+](CCCC)c1C)C(=O)c1ncccc1C2=O.[Br-]. The number of hydrogen-bond donors (Lipinski definition) is 0. The van der Waals surface area contributed by atoms with E-state index in [1.165, 1.54) is 0 Å². The molecule has 0 saturated carbocycles. The minimum Gasteiger partial charge on any atom is -1.00 e. The standard InChI is InChI=1S/C19H24N3O2.BrH/c1-4-6-11-21-13(3)22(12-7-5-2)17-16(21)18(23)14-9-8-10-20-15(14)19(17)24;/h8-10H,4-7,11-12H2,1-3H3;1H/q+1;/p-1. The summed E-state index contributed by atoms with van der Waals surface area (Å²) in [5, 5.41) is 0. The molecule has 2 heterocycles. The zero-order chi connectivity index (χ0) is 17.3. The third-order valence-corrected chi connectivity index (χ3v) is 4.71. The van der Waals surface area contributed by atoms with Gasteiger partial charge in [0, 0.05) is 13.1 Å². The Morgan fingerprint density at radius 2 is 1.84 bits per heavy atom. The van der Waals surface area contributed by atoms with Gasteiger partial charge in [-0.15, -0.1) is 0 Å². The van der Waals surface area contributed by atoms with Gasteiger partial charge in [0.2, 0.25) is 17.2 Å². The number of hydrogen-bond acceptors (Lipinski definition) is 3. The first-order chi connectivity index (χ1) is 11.6. The molecule has 1 aliphatic carbocycles.